The molecule has 1 rings (SSSR count). The third kappa shape index (κ3) is 5.63. The lowest BCUT2D eigenvalue weighted by Gasteiger charge is -2.16. The van der Waals surface area contributed by atoms with Gasteiger partial charge in [0.1, 0.15) is 5.75 Å². The molecule has 0 atom stereocenters. The average Bonchev–Trinajstić information content (AvgIpc) is 2.41. The van der Waals surface area contributed by atoms with Crippen LogP contribution in [0.3, 0.4) is 0 Å². The molecule has 1 aromatic carbocycles. The Morgan fingerprint density at radius 2 is 2.00 bits per heavy atom. The summed E-state index contributed by atoms with van der Waals surface area (Å²) < 4.78 is 44.0. The van der Waals surface area contributed by atoms with E-state index in [4.69, 9.17) is 4.74 Å². The summed E-state index contributed by atoms with van der Waals surface area (Å²) in [5.74, 6) is -0.840. The van der Waals surface area contributed by atoms with Gasteiger partial charge in [0.2, 0.25) is 0 Å². The third-order valence-electron chi connectivity index (χ3n) is 2.70. The SMILES string of the molecule is CNC(=O)COc1ccc(CNC(C)C)cc1C(F)(F)F. The van der Waals surface area contributed by atoms with Gasteiger partial charge < -0.3 is 15.4 Å². The molecule has 0 saturated carbocycles. The van der Waals surface area contributed by atoms with Crippen LogP contribution in [0.4, 0.5) is 13.2 Å². The normalized spacial score (nSPS) is 11.6. The number of carbonyl (C=O) groups excluding carboxylic acids is 1. The molecule has 0 bridgehead atoms. The molecule has 0 aromatic heterocycles. The van der Waals surface area contributed by atoms with Crippen molar-refractivity contribution in [3.05, 3.63) is 29.3 Å². The highest BCUT2D eigenvalue weighted by atomic mass is 19.4. The summed E-state index contributed by atoms with van der Waals surface area (Å²) in [6, 6.07) is 3.99. The fourth-order valence-electron chi connectivity index (χ4n) is 1.57. The van der Waals surface area contributed by atoms with Gasteiger partial charge in [0.15, 0.2) is 6.61 Å². The molecule has 0 aliphatic rings. The fraction of sp³-hybridized carbons (Fsp3) is 0.500. The van der Waals surface area contributed by atoms with E-state index in [0.717, 1.165) is 6.07 Å². The van der Waals surface area contributed by atoms with Gasteiger partial charge in [-0.2, -0.15) is 13.2 Å². The van der Waals surface area contributed by atoms with Crippen molar-refractivity contribution < 1.29 is 22.7 Å². The Balaban J connectivity index is 2.94. The van der Waals surface area contributed by atoms with E-state index in [1.165, 1.54) is 13.1 Å². The highest BCUT2D eigenvalue weighted by Crippen LogP contribution is 2.36. The lowest BCUT2D eigenvalue weighted by atomic mass is 10.1. The number of benzene rings is 1. The second-order valence-electron chi connectivity index (χ2n) is 4.83. The molecule has 0 radical (unpaired) electrons. The van der Waals surface area contributed by atoms with Gasteiger partial charge in [0, 0.05) is 19.6 Å². The second-order valence-corrected chi connectivity index (χ2v) is 4.83. The first kappa shape index (κ1) is 17.3. The topological polar surface area (TPSA) is 50.4 Å². The van der Waals surface area contributed by atoms with Gasteiger partial charge in [0.25, 0.3) is 5.91 Å². The van der Waals surface area contributed by atoms with Crippen LogP contribution in [0.5, 0.6) is 5.75 Å². The lowest BCUT2D eigenvalue weighted by Crippen LogP contribution is -2.25. The van der Waals surface area contributed by atoms with Crippen molar-refractivity contribution in [1.29, 1.82) is 0 Å². The predicted octanol–water partition coefficient (Wildman–Crippen LogP) is 2.33. The molecule has 1 amide bonds. The maximum absolute atomic E-state index is 13.0. The van der Waals surface area contributed by atoms with E-state index in [0.29, 0.717) is 12.1 Å². The second kappa shape index (κ2) is 7.31. The van der Waals surface area contributed by atoms with Crippen LogP contribution >= 0.6 is 0 Å². The molecular formula is C14H19F3N2O2. The minimum absolute atomic E-state index is 0.170. The third-order valence-corrected chi connectivity index (χ3v) is 2.70. The molecule has 0 spiro atoms. The van der Waals surface area contributed by atoms with E-state index in [1.54, 1.807) is 6.07 Å². The van der Waals surface area contributed by atoms with Crippen LogP contribution in [-0.2, 0) is 17.5 Å². The van der Waals surface area contributed by atoms with E-state index >= 15 is 0 Å². The maximum Gasteiger partial charge on any atom is 0.419 e. The van der Waals surface area contributed by atoms with Crippen LogP contribution in [0.25, 0.3) is 0 Å². The Labute approximate surface area is 121 Å². The number of likely N-dealkylation sites (N-methyl/N-ethyl adjacent to an activating group) is 1. The first-order valence-electron chi connectivity index (χ1n) is 6.51. The summed E-state index contributed by atoms with van der Waals surface area (Å²) in [4.78, 5) is 11.1. The molecule has 0 unspecified atom stereocenters. The van der Waals surface area contributed by atoms with Crippen LogP contribution in [0.15, 0.2) is 18.2 Å². The predicted molar refractivity (Wildman–Crippen MR) is 73.0 cm³/mol. The number of rotatable bonds is 6. The highest BCUT2D eigenvalue weighted by Gasteiger charge is 2.34. The summed E-state index contributed by atoms with van der Waals surface area (Å²) in [7, 11) is 1.39. The number of hydrogen-bond donors (Lipinski definition) is 2. The average molecular weight is 304 g/mol. The first-order valence-corrected chi connectivity index (χ1v) is 6.51. The van der Waals surface area contributed by atoms with Crippen LogP contribution in [0, 0.1) is 0 Å². The van der Waals surface area contributed by atoms with Crippen molar-refractivity contribution in [2.45, 2.75) is 32.6 Å². The molecule has 4 nitrogen and oxygen atoms in total. The monoisotopic (exact) mass is 304 g/mol. The van der Waals surface area contributed by atoms with Gasteiger partial charge in [-0.15, -0.1) is 0 Å². The Kier molecular flexibility index (Phi) is 6.02. The summed E-state index contributed by atoms with van der Waals surface area (Å²) in [6.45, 7) is 3.69. The first-order chi connectivity index (χ1) is 9.74. The van der Waals surface area contributed by atoms with Crippen LogP contribution in [-0.4, -0.2) is 25.6 Å². The van der Waals surface area contributed by atoms with Gasteiger partial charge in [-0.05, 0) is 17.7 Å². The molecule has 0 saturated heterocycles. The largest absolute Gasteiger partial charge is 0.483 e. The van der Waals surface area contributed by atoms with Crippen molar-refractivity contribution in [3.8, 4) is 5.75 Å². The zero-order valence-corrected chi connectivity index (χ0v) is 12.2. The number of amides is 1. The summed E-state index contributed by atoms with van der Waals surface area (Å²) in [5.41, 5.74) is -0.377. The van der Waals surface area contributed by atoms with Gasteiger partial charge in [-0.3, -0.25) is 4.79 Å². The molecule has 1 aromatic rings. The number of nitrogens with one attached hydrogen (secondary N) is 2. The Hall–Kier alpha value is -1.76. The molecule has 0 heterocycles. The molecule has 0 fully saturated rings. The Bertz CT molecular complexity index is 488. The summed E-state index contributed by atoms with van der Waals surface area (Å²) >= 11 is 0. The molecular weight excluding hydrogens is 285 g/mol. The number of alkyl halides is 3. The smallest absolute Gasteiger partial charge is 0.419 e. The molecule has 7 heteroatoms. The van der Waals surface area contributed by atoms with Gasteiger partial charge in [-0.1, -0.05) is 19.9 Å². The molecule has 118 valence electrons. The van der Waals surface area contributed by atoms with Crippen LogP contribution < -0.4 is 15.4 Å². The Morgan fingerprint density at radius 3 is 2.52 bits per heavy atom. The maximum atomic E-state index is 13.0. The van der Waals surface area contributed by atoms with Gasteiger partial charge in [0.05, 0.1) is 5.56 Å². The standard InChI is InChI=1S/C14H19F3N2O2/c1-9(2)19-7-10-4-5-12(21-8-13(20)18-3)11(6-10)14(15,16)17/h4-6,9,19H,7-8H2,1-3H3,(H,18,20). The summed E-state index contributed by atoms with van der Waals surface area (Å²) in [5, 5.41) is 5.33. The zero-order valence-electron chi connectivity index (χ0n) is 12.2. The van der Waals surface area contributed by atoms with E-state index in [1.807, 2.05) is 13.8 Å². The zero-order chi connectivity index (χ0) is 16.0. The number of ether oxygens (including phenoxy) is 1. The minimum atomic E-state index is -4.54. The fourth-order valence-corrected chi connectivity index (χ4v) is 1.57. The van der Waals surface area contributed by atoms with E-state index in [-0.39, 0.29) is 11.8 Å². The number of carbonyl (C=O) groups is 1. The van der Waals surface area contributed by atoms with Crippen molar-refractivity contribution in [2.75, 3.05) is 13.7 Å². The van der Waals surface area contributed by atoms with Crippen molar-refractivity contribution in [3.63, 3.8) is 0 Å². The van der Waals surface area contributed by atoms with Crippen molar-refractivity contribution in [1.82, 2.24) is 10.6 Å². The van der Waals surface area contributed by atoms with Gasteiger partial charge >= 0.3 is 6.18 Å². The number of halogens is 3. The van der Waals surface area contributed by atoms with E-state index in [9.17, 15) is 18.0 Å². The van der Waals surface area contributed by atoms with Crippen molar-refractivity contribution in [2.24, 2.45) is 0 Å². The number of hydrogen-bond acceptors (Lipinski definition) is 3. The quantitative estimate of drug-likeness (QED) is 0.848. The Morgan fingerprint density at radius 1 is 1.33 bits per heavy atom. The van der Waals surface area contributed by atoms with Crippen LogP contribution in [0.1, 0.15) is 25.0 Å². The minimum Gasteiger partial charge on any atom is -0.483 e. The molecule has 0 aliphatic heterocycles. The van der Waals surface area contributed by atoms with E-state index < -0.39 is 24.3 Å². The van der Waals surface area contributed by atoms with Crippen molar-refractivity contribution >= 4 is 5.91 Å². The molecule has 0 aliphatic carbocycles. The molecule has 2 N–H and O–H groups in total. The van der Waals surface area contributed by atoms with E-state index in [2.05, 4.69) is 10.6 Å². The summed E-state index contributed by atoms with van der Waals surface area (Å²) in [6.07, 6.45) is -4.54. The highest BCUT2D eigenvalue weighted by molar-refractivity contribution is 5.77. The van der Waals surface area contributed by atoms with Gasteiger partial charge in [-0.25, -0.2) is 0 Å². The molecule has 21 heavy (non-hydrogen) atoms. The lowest BCUT2D eigenvalue weighted by molar-refractivity contribution is -0.139. The van der Waals surface area contributed by atoms with Crippen LogP contribution in [0.2, 0.25) is 0 Å².